The molecular formula is C29H35ClN2O3. The molecule has 35 heavy (non-hydrogen) atoms. The van der Waals surface area contributed by atoms with Crippen LogP contribution in [0.3, 0.4) is 0 Å². The average Bonchev–Trinajstić information content (AvgIpc) is 2.80. The van der Waals surface area contributed by atoms with Gasteiger partial charge in [0.2, 0.25) is 5.91 Å². The number of fused-ring (bicyclic) bond motifs is 1. The van der Waals surface area contributed by atoms with Crippen LogP contribution in [-0.4, -0.2) is 24.4 Å². The Balaban J connectivity index is 1.65. The molecule has 0 aromatic heterocycles. The van der Waals surface area contributed by atoms with Crippen molar-refractivity contribution in [2.75, 3.05) is 11.4 Å². The number of carbonyl (C=O) groups is 2. The number of carbonyl (C=O) groups excluding carboxylic acids is 2. The number of anilines is 1. The summed E-state index contributed by atoms with van der Waals surface area (Å²) in [6, 6.07) is 13.2. The summed E-state index contributed by atoms with van der Waals surface area (Å²) < 4.78 is 6.04. The summed E-state index contributed by atoms with van der Waals surface area (Å²) in [5.74, 6) is 1.24. The third kappa shape index (κ3) is 5.72. The Kier molecular flexibility index (Phi) is 7.27. The first-order chi connectivity index (χ1) is 16.5. The highest BCUT2D eigenvalue weighted by molar-refractivity contribution is 6.30. The zero-order valence-corrected chi connectivity index (χ0v) is 22.0. The molecule has 0 radical (unpaired) electrons. The largest absolute Gasteiger partial charge is 0.449 e. The summed E-state index contributed by atoms with van der Waals surface area (Å²) in [6.45, 7) is 10.7. The molecule has 1 heterocycles. The van der Waals surface area contributed by atoms with Gasteiger partial charge in [0, 0.05) is 11.1 Å². The minimum atomic E-state index is -0.335. The van der Waals surface area contributed by atoms with Gasteiger partial charge in [-0.2, -0.15) is 0 Å². The SMILES string of the molecule is C[C@H]1[C@H](C)CCC[C@@H]1NC(=O)CN1C(=O)/C(=C\c2ccc(Cl)cc2)Oc2ccc(C(C)(C)C)cc21. The first-order valence-electron chi connectivity index (χ1n) is 12.4. The lowest BCUT2D eigenvalue weighted by molar-refractivity contribution is -0.124. The van der Waals surface area contributed by atoms with Crippen LogP contribution in [0.5, 0.6) is 5.75 Å². The lowest BCUT2D eigenvalue weighted by Gasteiger charge is -2.36. The molecular weight excluding hydrogens is 460 g/mol. The first-order valence-corrected chi connectivity index (χ1v) is 12.8. The molecule has 0 bridgehead atoms. The first kappa shape index (κ1) is 25.3. The van der Waals surface area contributed by atoms with Gasteiger partial charge in [-0.25, -0.2) is 0 Å². The van der Waals surface area contributed by atoms with Gasteiger partial charge in [0.1, 0.15) is 6.54 Å². The van der Waals surface area contributed by atoms with Crippen molar-refractivity contribution in [3.63, 3.8) is 0 Å². The van der Waals surface area contributed by atoms with Crippen LogP contribution in [0.1, 0.15) is 65.0 Å². The fourth-order valence-electron chi connectivity index (χ4n) is 4.83. The number of amides is 2. The molecule has 3 atom stereocenters. The minimum Gasteiger partial charge on any atom is -0.449 e. The highest BCUT2D eigenvalue weighted by Crippen LogP contribution is 2.39. The van der Waals surface area contributed by atoms with Gasteiger partial charge in [0.25, 0.3) is 5.91 Å². The second-order valence-corrected chi connectivity index (χ2v) is 11.4. The maximum absolute atomic E-state index is 13.6. The molecule has 2 amide bonds. The second kappa shape index (κ2) is 10.1. The van der Waals surface area contributed by atoms with Crippen LogP contribution in [0.15, 0.2) is 48.2 Å². The third-order valence-corrected chi connectivity index (χ3v) is 7.57. The molecule has 1 N–H and O–H groups in total. The van der Waals surface area contributed by atoms with E-state index in [4.69, 9.17) is 16.3 Å². The molecule has 1 aliphatic carbocycles. The minimum absolute atomic E-state index is 0.0572. The van der Waals surface area contributed by atoms with Crippen molar-refractivity contribution in [1.82, 2.24) is 5.32 Å². The topological polar surface area (TPSA) is 58.6 Å². The van der Waals surface area contributed by atoms with Gasteiger partial charge in [-0.3, -0.25) is 14.5 Å². The Labute approximate surface area is 213 Å². The number of halogens is 1. The quantitative estimate of drug-likeness (QED) is 0.504. The van der Waals surface area contributed by atoms with E-state index in [9.17, 15) is 9.59 Å². The van der Waals surface area contributed by atoms with Crippen molar-refractivity contribution in [2.24, 2.45) is 11.8 Å². The zero-order chi connectivity index (χ0) is 25.3. The fourth-order valence-corrected chi connectivity index (χ4v) is 4.95. The van der Waals surface area contributed by atoms with E-state index in [2.05, 4.69) is 39.9 Å². The Hall–Kier alpha value is -2.79. The van der Waals surface area contributed by atoms with Crippen LogP contribution < -0.4 is 15.0 Å². The van der Waals surface area contributed by atoms with Crippen LogP contribution in [0.25, 0.3) is 6.08 Å². The van der Waals surface area contributed by atoms with Gasteiger partial charge >= 0.3 is 0 Å². The van der Waals surface area contributed by atoms with Crippen molar-refractivity contribution in [1.29, 1.82) is 0 Å². The molecule has 0 unspecified atom stereocenters. The van der Waals surface area contributed by atoms with E-state index >= 15 is 0 Å². The standard InChI is InChI=1S/C29H35ClN2O3/c1-18-7-6-8-23(19(18)2)31-27(33)17-32-24-16-21(29(3,4)5)11-14-25(24)35-26(28(32)34)15-20-9-12-22(30)13-10-20/h9-16,18-19,23H,6-8,17H2,1-5H3,(H,31,33)/b26-15+/t18-,19+,23+/m1/s1. The van der Waals surface area contributed by atoms with Crippen molar-refractivity contribution in [3.8, 4) is 5.75 Å². The summed E-state index contributed by atoms with van der Waals surface area (Å²) in [4.78, 5) is 28.3. The Morgan fingerprint density at radius 2 is 1.86 bits per heavy atom. The van der Waals surface area contributed by atoms with Crippen molar-refractivity contribution in [2.45, 2.75) is 65.3 Å². The molecule has 2 aromatic rings. The molecule has 0 saturated heterocycles. The molecule has 2 aliphatic rings. The van der Waals surface area contributed by atoms with Crippen LogP contribution in [-0.2, 0) is 15.0 Å². The van der Waals surface area contributed by atoms with E-state index in [-0.39, 0.29) is 35.6 Å². The lowest BCUT2D eigenvalue weighted by atomic mass is 9.78. The van der Waals surface area contributed by atoms with Crippen molar-refractivity contribution >= 4 is 35.2 Å². The van der Waals surface area contributed by atoms with E-state index in [0.717, 1.165) is 24.0 Å². The lowest BCUT2D eigenvalue weighted by Crippen LogP contribution is -2.49. The molecule has 2 aromatic carbocycles. The Bertz CT molecular complexity index is 1130. The van der Waals surface area contributed by atoms with Gasteiger partial charge < -0.3 is 10.1 Å². The third-order valence-electron chi connectivity index (χ3n) is 7.31. The molecule has 1 saturated carbocycles. The van der Waals surface area contributed by atoms with E-state index in [1.165, 1.54) is 6.42 Å². The highest BCUT2D eigenvalue weighted by atomic mass is 35.5. The molecule has 186 valence electrons. The second-order valence-electron chi connectivity index (χ2n) is 10.9. The van der Waals surface area contributed by atoms with Crippen LogP contribution in [0.2, 0.25) is 5.02 Å². The van der Waals surface area contributed by atoms with Gasteiger partial charge in [-0.15, -0.1) is 0 Å². The number of nitrogens with one attached hydrogen (secondary N) is 1. The smallest absolute Gasteiger partial charge is 0.294 e. The number of benzene rings is 2. The molecule has 4 rings (SSSR count). The van der Waals surface area contributed by atoms with Crippen LogP contribution in [0, 0.1) is 11.8 Å². The number of rotatable bonds is 4. The van der Waals surface area contributed by atoms with Gasteiger partial charge in [-0.05, 0) is 65.1 Å². The summed E-state index contributed by atoms with van der Waals surface area (Å²) in [6.07, 6.45) is 4.96. The number of hydrogen-bond donors (Lipinski definition) is 1. The van der Waals surface area contributed by atoms with E-state index in [1.807, 2.05) is 30.3 Å². The maximum atomic E-state index is 13.6. The summed E-state index contributed by atoms with van der Waals surface area (Å²) in [5, 5.41) is 3.82. The summed E-state index contributed by atoms with van der Waals surface area (Å²) >= 11 is 6.01. The normalized spacial score (nSPS) is 23.6. The zero-order valence-electron chi connectivity index (χ0n) is 21.2. The molecule has 5 nitrogen and oxygen atoms in total. The molecule has 1 aliphatic heterocycles. The summed E-state index contributed by atoms with van der Waals surface area (Å²) in [5.41, 5.74) is 2.37. The van der Waals surface area contributed by atoms with E-state index in [0.29, 0.717) is 28.3 Å². The van der Waals surface area contributed by atoms with E-state index in [1.54, 1.807) is 23.1 Å². The average molecular weight is 495 g/mol. The highest BCUT2D eigenvalue weighted by Gasteiger charge is 2.34. The fraction of sp³-hybridized carbons (Fsp3) is 0.448. The maximum Gasteiger partial charge on any atom is 0.294 e. The number of nitrogens with zero attached hydrogens (tertiary/aromatic N) is 1. The van der Waals surface area contributed by atoms with Gasteiger partial charge in [0.15, 0.2) is 11.5 Å². The molecule has 6 heteroatoms. The number of ether oxygens (including phenoxy) is 1. The Morgan fingerprint density at radius 3 is 2.54 bits per heavy atom. The van der Waals surface area contributed by atoms with Crippen LogP contribution >= 0.6 is 11.6 Å². The predicted octanol–water partition coefficient (Wildman–Crippen LogP) is 6.34. The van der Waals surface area contributed by atoms with Gasteiger partial charge in [-0.1, -0.05) is 77.3 Å². The van der Waals surface area contributed by atoms with Gasteiger partial charge in [0.05, 0.1) is 5.69 Å². The van der Waals surface area contributed by atoms with E-state index < -0.39 is 0 Å². The predicted molar refractivity (Wildman–Crippen MR) is 142 cm³/mol. The summed E-state index contributed by atoms with van der Waals surface area (Å²) in [7, 11) is 0. The monoisotopic (exact) mass is 494 g/mol. The van der Waals surface area contributed by atoms with Crippen molar-refractivity contribution in [3.05, 3.63) is 64.4 Å². The van der Waals surface area contributed by atoms with Crippen molar-refractivity contribution < 1.29 is 14.3 Å². The molecule has 0 spiro atoms. The van der Waals surface area contributed by atoms with Crippen LogP contribution in [0.4, 0.5) is 5.69 Å². The molecule has 1 fully saturated rings. The Morgan fingerprint density at radius 1 is 1.14 bits per heavy atom. The number of hydrogen-bond acceptors (Lipinski definition) is 3.